The van der Waals surface area contributed by atoms with Gasteiger partial charge in [-0.15, -0.1) is 0 Å². The third-order valence-electron chi connectivity index (χ3n) is 2.30. The van der Waals surface area contributed by atoms with Crippen LogP contribution in [0.1, 0.15) is 41.5 Å². The van der Waals surface area contributed by atoms with E-state index in [1.807, 2.05) is 0 Å². The zero-order chi connectivity index (χ0) is 9.72. The van der Waals surface area contributed by atoms with E-state index in [1.54, 1.807) is 0 Å². The van der Waals surface area contributed by atoms with Crippen LogP contribution in [0.5, 0.6) is 0 Å². The average molecular weight is 172 g/mol. The number of hydrogen-bond acceptors (Lipinski definition) is 2. The van der Waals surface area contributed by atoms with Crippen molar-refractivity contribution in [2.75, 3.05) is 6.54 Å². The van der Waals surface area contributed by atoms with E-state index in [0.29, 0.717) is 18.0 Å². The summed E-state index contributed by atoms with van der Waals surface area (Å²) in [5.74, 6) is 0.700. The highest BCUT2D eigenvalue weighted by Crippen LogP contribution is 2.10. The maximum Gasteiger partial charge on any atom is 0.0241 e. The van der Waals surface area contributed by atoms with Crippen molar-refractivity contribution < 1.29 is 0 Å². The molecule has 0 heterocycles. The molecule has 1 atom stereocenters. The molecule has 74 valence electrons. The van der Waals surface area contributed by atoms with Crippen LogP contribution in [0.15, 0.2) is 0 Å². The molecule has 0 bridgehead atoms. The van der Waals surface area contributed by atoms with Crippen molar-refractivity contribution in [1.82, 2.24) is 10.4 Å². The summed E-state index contributed by atoms with van der Waals surface area (Å²) in [5.41, 5.74) is 3.40. The molecule has 0 aliphatic carbocycles. The Kier molecular flexibility index (Phi) is 5.51. The first-order valence-electron chi connectivity index (χ1n) is 5.02. The van der Waals surface area contributed by atoms with E-state index in [0.717, 1.165) is 6.54 Å². The lowest BCUT2D eigenvalue weighted by Crippen LogP contribution is -2.50. The van der Waals surface area contributed by atoms with Crippen LogP contribution >= 0.6 is 0 Å². The molecule has 2 heteroatoms. The van der Waals surface area contributed by atoms with E-state index in [9.17, 15) is 0 Å². The molecule has 0 fully saturated rings. The fourth-order valence-electron chi connectivity index (χ4n) is 1.30. The first kappa shape index (κ1) is 11.9. The fraction of sp³-hybridized carbons (Fsp3) is 1.00. The van der Waals surface area contributed by atoms with Crippen LogP contribution in [-0.2, 0) is 0 Å². The second-order valence-corrected chi connectivity index (χ2v) is 4.00. The zero-order valence-electron chi connectivity index (χ0n) is 9.39. The van der Waals surface area contributed by atoms with E-state index in [-0.39, 0.29) is 0 Å². The van der Waals surface area contributed by atoms with Crippen molar-refractivity contribution in [3.63, 3.8) is 0 Å². The Hall–Kier alpha value is -0.0800. The van der Waals surface area contributed by atoms with Gasteiger partial charge in [-0.05, 0) is 26.7 Å². The number of nitrogens with zero attached hydrogens (tertiary/aromatic N) is 1. The smallest absolute Gasteiger partial charge is 0.0241 e. The van der Waals surface area contributed by atoms with Crippen LogP contribution in [0.4, 0.5) is 0 Å². The molecule has 0 saturated heterocycles. The normalized spacial score (nSPS) is 14.8. The van der Waals surface area contributed by atoms with Gasteiger partial charge in [0, 0.05) is 18.6 Å². The Labute approximate surface area is 77.3 Å². The van der Waals surface area contributed by atoms with Gasteiger partial charge >= 0.3 is 0 Å². The van der Waals surface area contributed by atoms with Crippen LogP contribution in [0, 0.1) is 5.92 Å². The Bertz CT molecular complexity index is 110. The summed E-state index contributed by atoms with van der Waals surface area (Å²) in [4.78, 5) is 0. The predicted molar refractivity (Wildman–Crippen MR) is 55.0 cm³/mol. The molecule has 0 aromatic rings. The Balaban J connectivity index is 4.09. The summed E-state index contributed by atoms with van der Waals surface area (Å²) in [6.07, 6.45) is 0. The lowest BCUT2D eigenvalue weighted by Gasteiger charge is -2.35. The predicted octanol–water partition coefficient (Wildman–Crippen LogP) is 2.27. The summed E-state index contributed by atoms with van der Waals surface area (Å²) in [6, 6.07) is 1.17. The van der Waals surface area contributed by atoms with Crippen molar-refractivity contribution in [3.8, 4) is 0 Å². The van der Waals surface area contributed by atoms with Crippen molar-refractivity contribution in [1.29, 1.82) is 0 Å². The largest absolute Gasteiger partial charge is 0.255 e. The lowest BCUT2D eigenvalue weighted by molar-refractivity contribution is 0.0709. The van der Waals surface area contributed by atoms with Crippen LogP contribution in [0.25, 0.3) is 0 Å². The van der Waals surface area contributed by atoms with Gasteiger partial charge in [-0.2, -0.15) is 0 Å². The van der Waals surface area contributed by atoms with E-state index >= 15 is 0 Å². The maximum atomic E-state index is 3.40. The van der Waals surface area contributed by atoms with Gasteiger partial charge in [0.15, 0.2) is 0 Å². The molecule has 1 unspecified atom stereocenters. The SMILES string of the molecule is CCNN(C(C)C)C(C)C(C)C. The second kappa shape index (κ2) is 5.55. The summed E-state index contributed by atoms with van der Waals surface area (Å²) >= 11 is 0. The molecule has 0 aromatic carbocycles. The molecule has 0 rings (SSSR count). The van der Waals surface area contributed by atoms with E-state index in [2.05, 4.69) is 52.0 Å². The minimum absolute atomic E-state index is 0.572. The number of hydrazine groups is 1. The van der Waals surface area contributed by atoms with Gasteiger partial charge in [-0.3, -0.25) is 5.43 Å². The molecule has 12 heavy (non-hydrogen) atoms. The Morgan fingerprint density at radius 1 is 1.08 bits per heavy atom. The van der Waals surface area contributed by atoms with Crippen LogP contribution < -0.4 is 5.43 Å². The molecule has 0 aliphatic rings. The number of nitrogens with one attached hydrogen (secondary N) is 1. The van der Waals surface area contributed by atoms with Gasteiger partial charge in [0.1, 0.15) is 0 Å². The average Bonchev–Trinajstić information content (AvgIpc) is 1.98. The first-order valence-corrected chi connectivity index (χ1v) is 5.02. The fourth-order valence-corrected chi connectivity index (χ4v) is 1.30. The van der Waals surface area contributed by atoms with Gasteiger partial charge in [0.2, 0.25) is 0 Å². The first-order chi connectivity index (χ1) is 5.50. The van der Waals surface area contributed by atoms with Crippen molar-refractivity contribution in [2.45, 2.75) is 53.6 Å². The third kappa shape index (κ3) is 3.55. The van der Waals surface area contributed by atoms with Gasteiger partial charge in [0.25, 0.3) is 0 Å². The number of rotatable bonds is 5. The van der Waals surface area contributed by atoms with E-state index in [4.69, 9.17) is 0 Å². The molecule has 0 aromatic heterocycles. The van der Waals surface area contributed by atoms with Crippen molar-refractivity contribution in [2.24, 2.45) is 5.92 Å². The third-order valence-corrected chi connectivity index (χ3v) is 2.30. The summed E-state index contributed by atoms with van der Waals surface area (Å²) in [5, 5.41) is 2.34. The number of hydrogen-bond donors (Lipinski definition) is 1. The Morgan fingerprint density at radius 2 is 1.58 bits per heavy atom. The summed E-state index contributed by atoms with van der Waals surface area (Å²) < 4.78 is 0. The van der Waals surface area contributed by atoms with Crippen molar-refractivity contribution >= 4 is 0 Å². The molecular weight excluding hydrogens is 148 g/mol. The molecule has 2 nitrogen and oxygen atoms in total. The highest BCUT2D eigenvalue weighted by atomic mass is 15.5. The minimum atomic E-state index is 0.572. The van der Waals surface area contributed by atoms with Gasteiger partial charge in [0.05, 0.1) is 0 Å². The highest BCUT2D eigenvalue weighted by Gasteiger charge is 2.18. The molecule has 0 spiro atoms. The quantitative estimate of drug-likeness (QED) is 0.640. The molecule has 0 aliphatic heterocycles. The van der Waals surface area contributed by atoms with Crippen LogP contribution in [-0.4, -0.2) is 23.6 Å². The molecule has 0 radical (unpaired) electrons. The maximum absolute atomic E-state index is 3.40. The van der Waals surface area contributed by atoms with E-state index in [1.165, 1.54) is 0 Å². The van der Waals surface area contributed by atoms with Crippen molar-refractivity contribution in [3.05, 3.63) is 0 Å². The summed E-state index contributed by atoms with van der Waals surface area (Å²) in [7, 11) is 0. The standard InChI is InChI=1S/C10H24N2/c1-7-11-12(9(4)5)10(6)8(2)3/h8-11H,7H2,1-6H3. The molecular formula is C10H24N2. The monoisotopic (exact) mass is 172 g/mol. The van der Waals surface area contributed by atoms with Gasteiger partial charge in [-0.1, -0.05) is 20.8 Å². The van der Waals surface area contributed by atoms with Crippen LogP contribution in [0.3, 0.4) is 0 Å². The molecule has 0 amide bonds. The zero-order valence-corrected chi connectivity index (χ0v) is 9.39. The van der Waals surface area contributed by atoms with Gasteiger partial charge < -0.3 is 0 Å². The van der Waals surface area contributed by atoms with E-state index < -0.39 is 0 Å². The minimum Gasteiger partial charge on any atom is -0.255 e. The topological polar surface area (TPSA) is 15.3 Å². The lowest BCUT2D eigenvalue weighted by atomic mass is 10.1. The second-order valence-electron chi connectivity index (χ2n) is 4.00. The van der Waals surface area contributed by atoms with Crippen LogP contribution in [0.2, 0.25) is 0 Å². The Morgan fingerprint density at radius 3 is 1.83 bits per heavy atom. The highest BCUT2D eigenvalue weighted by molar-refractivity contribution is 4.69. The summed E-state index contributed by atoms with van der Waals surface area (Å²) in [6.45, 7) is 14.4. The molecule has 1 N–H and O–H groups in total. The molecule has 0 saturated carbocycles. The van der Waals surface area contributed by atoms with Gasteiger partial charge in [-0.25, -0.2) is 5.01 Å².